The number of carbonyl (C=O) groups is 1. The van der Waals surface area contributed by atoms with Gasteiger partial charge in [-0.25, -0.2) is 0 Å². The van der Waals surface area contributed by atoms with Crippen LogP contribution in [0.15, 0.2) is 0 Å². The van der Waals surface area contributed by atoms with E-state index in [-0.39, 0.29) is 17.4 Å². The normalized spacial score (nSPS) is 13.8. The summed E-state index contributed by atoms with van der Waals surface area (Å²) in [5, 5.41) is 2.84. The first-order chi connectivity index (χ1) is 6.39. The molecule has 1 amide bonds. The van der Waals surface area contributed by atoms with Crippen LogP contribution in [0.3, 0.4) is 0 Å². The molecule has 0 aromatic carbocycles. The van der Waals surface area contributed by atoms with Gasteiger partial charge in [0.2, 0.25) is 5.91 Å². The van der Waals surface area contributed by atoms with E-state index in [0.29, 0.717) is 19.6 Å². The van der Waals surface area contributed by atoms with Gasteiger partial charge in [0, 0.05) is 20.1 Å². The Balaban J connectivity index is 3.91. The zero-order valence-electron chi connectivity index (χ0n) is 9.59. The van der Waals surface area contributed by atoms with Crippen LogP contribution in [0.4, 0.5) is 0 Å². The highest BCUT2D eigenvalue weighted by atomic mass is 16.5. The molecule has 0 saturated carbocycles. The Labute approximate surface area is 86.2 Å². The van der Waals surface area contributed by atoms with E-state index in [4.69, 9.17) is 10.5 Å². The van der Waals surface area contributed by atoms with Gasteiger partial charge >= 0.3 is 0 Å². The number of methoxy groups -OCH3 is 1. The summed E-state index contributed by atoms with van der Waals surface area (Å²) in [5.74, 6) is 0.0324. The van der Waals surface area contributed by atoms with Gasteiger partial charge in [-0.3, -0.25) is 4.79 Å². The highest BCUT2D eigenvalue weighted by Gasteiger charge is 2.18. The zero-order valence-corrected chi connectivity index (χ0v) is 9.59. The topological polar surface area (TPSA) is 64.3 Å². The van der Waals surface area contributed by atoms with E-state index in [1.54, 1.807) is 7.11 Å². The molecule has 1 unspecified atom stereocenters. The molecule has 4 nitrogen and oxygen atoms in total. The lowest BCUT2D eigenvalue weighted by Crippen LogP contribution is -2.44. The summed E-state index contributed by atoms with van der Waals surface area (Å²) in [7, 11) is 1.60. The van der Waals surface area contributed by atoms with Crippen molar-refractivity contribution in [2.45, 2.75) is 33.2 Å². The third kappa shape index (κ3) is 6.86. The lowest BCUT2D eigenvalue weighted by molar-refractivity contribution is -0.123. The van der Waals surface area contributed by atoms with Crippen LogP contribution >= 0.6 is 0 Å². The second-order valence-electron chi connectivity index (χ2n) is 4.69. The maximum atomic E-state index is 11.5. The van der Waals surface area contributed by atoms with Crippen LogP contribution in [0.25, 0.3) is 0 Å². The van der Waals surface area contributed by atoms with E-state index in [9.17, 15) is 4.79 Å². The maximum Gasteiger partial charge on any atom is 0.220 e. The largest absolute Gasteiger partial charge is 0.383 e. The van der Waals surface area contributed by atoms with Crippen molar-refractivity contribution >= 4 is 5.91 Å². The third-order valence-corrected chi connectivity index (χ3v) is 1.71. The number of nitrogens with two attached hydrogens (primary N) is 1. The Morgan fingerprint density at radius 1 is 1.50 bits per heavy atom. The molecule has 0 aliphatic rings. The van der Waals surface area contributed by atoms with E-state index >= 15 is 0 Å². The Bertz CT molecular complexity index is 175. The number of rotatable bonds is 5. The van der Waals surface area contributed by atoms with E-state index in [1.165, 1.54) is 0 Å². The fourth-order valence-corrected chi connectivity index (χ4v) is 1.13. The quantitative estimate of drug-likeness (QED) is 0.683. The van der Waals surface area contributed by atoms with Crippen LogP contribution in [0.1, 0.15) is 27.2 Å². The van der Waals surface area contributed by atoms with E-state index in [0.717, 1.165) is 0 Å². The number of ether oxygens (including phenoxy) is 1. The number of nitrogens with one attached hydrogen (secondary N) is 1. The van der Waals surface area contributed by atoms with Crippen molar-refractivity contribution in [2.24, 2.45) is 11.1 Å². The molecule has 0 aromatic heterocycles. The van der Waals surface area contributed by atoms with Gasteiger partial charge in [0.25, 0.3) is 0 Å². The average Bonchev–Trinajstić information content (AvgIpc) is 2.00. The second kappa shape index (κ2) is 5.98. The van der Waals surface area contributed by atoms with Gasteiger partial charge in [0.15, 0.2) is 0 Å². The lowest BCUT2D eigenvalue weighted by Gasteiger charge is -2.21. The van der Waals surface area contributed by atoms with Crippen LogP contribution in [-0.2, 0) is 9.53 Å². The predicted octanol–water partition coefficient (Wildman–Crippen LogP) is 0.513. The van der Waals surface area contributed by atoms with Crippen LogP contribution < -0.4 is 11.1 Å². The molecule has 4 heteroatoms. The zero-order chi connectivity index (χ0) is 11.2. The predicted molar refractivity (Wildman–Crippen MR) is 56.9 cm³/mol. The second-order valence-corrected chi connectivity index (χ2v) is 4.69. The van der Waals surface area contributed by atoms with Gasteiger partial charge < -0.3 is 15.8 Å². The Morgan fingerprint density at radius 3 is 2.43 bits per heavy atom. The standard InChI is InChI=1S/C10H22N2O2/c1-10(2,3)5-9(13)12-8(6-11)7-14-4/h8H,5-7,11H2,1-4H3,(H,12,13). The van der Waals surface area contributed by atoms with Gasteiger partial charge in [-0.1, -0.05) is 20.8 Å². The first-order valence-electron chi connectivity index (χ1n) is 4.87. The van der Waals surface area contributed by atoms with Crippen molar-refractivity contribution in [1.29, 1.82) is 0 Å². The Morgan fingerprint density at radius 2 is 2.07 bits per heavy atom. The highest BCUT2D eigenvalue weighted by Crippen LogP contribution is 2.17. The van der Waals surface area contributed by atoms with Crippen molar-refractivity contribution in [3.8, 4) is 0 Å². The number of amides is 1. The average molecular weight is 202 g/mol. The van der Waals surface area contributed by atoms with Gasteiger partial charge in [-0.05, 0) is 5.41 Å². The van der Waals surface area contributed by atoms with Crippen LogP contribution in [-0.4, -0.2) is 32.2 Å². The van der Waals surface area contributed by atoms with Crippen LogP contribution in [0.5, 0.6) is 0 Å². The fraction of sp³-hybridized carbons (Fsp3) is 0.900. The molecule has 0 heterocycles. The molecule has 0 spiro atoms. The van der Waals surface area contributed by atoms with Gasteiger partial charge in [-0.2, -0.15) is 0 Å². The lowest BCUT2D eigenvalue weighted by atomic mass is 9.92. The van der Waals surface area contributed by atoms with E-state index in [1.807, 2.05) is 20.8 Å². The first-order valence-corrected chi connectivity index (χ1v) is 4.87. The van der Waals surface area contributed by atoms with Gasteiger partial charge in [0.05, 0.1) is 12.6 Å². The minimum absolute atomic E-state index is 0.0102. The molecule has 0 aliphatic carbocycles. The van der Waals surface area contributed by atoms with Gasteiger partial charge in [0.1, 0.15) is 0 Å². The van der Waals surface area contributed by atoms with Crippen LogP contribution in [0, 0.1) is 5.41 Å². The minimum Gasteiger partial charge on any atom is -0.383 e. The van der Waals surface area contributed by atoms with Crippen molar-refractivity contribution in [3.63, 3.8) is 0 Å². The maximum absolute atomic E-state index is 11.5. The monoisotopic (exact) mass is 202 g/mol. The van der Waals surface area contributed by atoms with Crippen molar-refractivity contribution in [1.82, 2.24) is 5.32 Å². The molecule has 84 valence electrons. The minimum atomic E-state index is -0.0742. The molecule has 0 aromatic rings. The summed E-state index contributed by atoms with van der Waals surface area (Å²) in [6.45, 7) is 6.96. The molecular weight excluding hydrogens is 180 g/mol. The molecule has 1 atom stereocenters. The molecule has 0 rings (SSSR count). The Kier molecular flexibility index (Phi) is 5.72. The summed E-state index contributed by atoms with van der Waals surface area (Å²) in [6, 6.07) is -0.0742. The van der Waals surface area contributed by atoms with Crippen molar-refractivity contribution < 1.29 is 9.53 Å². The Hall–Kier alpha value is -0.610. The molecule has 3 N–H and O–H groups in total. The molecule has 0 bridgehead atoms. The smallest absolute Gasteiger partial charge is 0.220 e. The number of carbonyl (C=O) groups excluding carboxylic acids is 1. The summed E-state index contributed by atoms with van der Waals surface area (Å²) in [6.07, 6.45) is 0.507. The number of hydrogen-bond acceptors (Lipinski definition) is 3. The highest BCUT2D eigenvalue weighted by molar-refractivity contribution is 5.76. The molecule has 0 aliphatic heterocycles. The van der Waals surface area contributed by atoms with E-state index < -0.39 is 0 Å². The number of hydrogen-bond donors (Lipinski definition) is 2. The fourth-order valence-electron chi connectivity index (χ4n) is 1.13. The summed E-state index contributed by atoms with van der Waals surface area (Å²) in [5.41, 5.74) is 5.49. The molecule has 0 fully saturated rings. The third-order valence-electron chi connectivity index (χ3n) is 1.71. The summed E-state index contributed by atoms with van der Waals surface area (Å²) in [4.78, 5) is 11.5. The first kappa shape index (κ1) is 13.4. The SMILES string of the molecule is COCC(CN)NC(=O)CC(C)(C)C. The molecule has 0 saturated heterocycles. The van der Waals surface area contributed by atoms with Crippen molar-refractivity contribution in [2.75, 3.05) is 20.3 Å². The van der Waals surface area contributed by atoms with Gasteiger partial charge in [-0.15, -0.1) is 0 Å². The molecule has 14 heavy (non-hydrogen) atoms. The summed E-state index contributed by atoms with van der Waals surface area (Å²) >= 11 is 0. The molecular formula is C10H22N2O2. The van der Waals surface area contributed by atoms with E-state index in [2.05, 4.69) is 5.32 Å². The summed E-state index contributed by atoms with van der Waals surface area (Å²) < 4.78 is 4.93. The van der Waals surface area contributed by atoms with Crippen molar-refractivity contribution in [3.05, 3.63) is 0 Å². The molecule has 0 radical (unpaired) electrons. The van der Waals surface area contributed by atoms with Crippen LogP contribution in [0.2, 0.25) is 0 Å².